The van der Waals surface area contributed by atoms with E-state index in [-0.39, 0.29) is 18.0 Å². The lowest BCUT2D eigenvalue weighted by Crippen LogP contribution is -2.32. The van der Waals surface area contributed by atoms with E-state index >= 15 is 0 Å². The van der Waals surface area contributed by atoms with E-state index in [0.717, 1.165) is 30.6 Å². The molecule has 2 rings (SSSR count). The van der Waals surface area contributed by atoms with Crippen LogP contribution >= 0.6 is 0 Å². The van der Waals surface area contributed by atoms with E-state index in [9.17, 15) is 4.79 Å². The van der Waals surface area contributed by atoms with E-state index in [0.29, 0.717) is 18.9 Å². The van der Waals surface area contributed by atoms with Gasteiger partial charge in [0.25, 0.3) is 0 Å². The van der Waals surface area contributed by atoms with Crippen LogP contribution in [-0.4, -0.2) is 18.6 Å². The number of hydrogen-bond acceptors (Lipinski definition) is 3. The maximum atomic E-state index is 12.1. The van der Waals surface area contributed by atoms with Crippen molar-refractivity contribution < 1.29 is 9.53 Å². The molecular formula is C17H26N2O2. The average molecular weight is 290 g/mol. The smallest absolute Gasteiger partial charge is 0.220 e. The standard InChI is InChI=1S/C17H26N2O2/c1-3-21-15-8-4-6-13(10-15)12(2)19-17(20)11-14-7-5-9-16(14)18/h4,6,8,10,12,14,16H,3,5,7,9,11,18H2,1-2H3,(H,19,20)/t12?,14-,16+/m0/s1. The number of rotatable bonds is 6. The van der Waals surface area contributed by atoms with Gasteiger partial charge in [-0.15, -0.1) is 0 Å². The van der Waals surface area contributed by atoms with Crippen LogP contribution in [0.1, 0.15) is 51.1 Å². The maximum Gasteiger partial charge on any atom is 0.220 e. The van der Waals surface area contributed by atoms with Crippen LogP contribution in [0.25, 0.3) is 0 Å². The summed E-state index contributed by atoms with van der Waals surface area (Å²) in [5, 5.41) is 3.06. The summed E-state index contributed by atoms with van der Waals surface area (Å²) in [4.78, 5) is 12.1. The molecule has 1 aliphatic carbocycles. The fourth-order valence-corrected chi connectivity index (χ4v) is 2.98. The molecular weight excluding hydrogens is 264 g/mol. The van der Waals surface area contributed by atoms with Crippen molar-refractivity contribution in [2.24, 2.45) is 11.7 Å². The van der Waals surface area contributed by atoms with Crippen molar-refractivity contribution in [3.63, 3.8) is 0 Å². The Bertz CT molecular complexity index is 476. The summed E-state index contributed by atoms with van der Waals surface area (Å²) in [6, 6.07) is 8.04. The maximum absolute atomic E-state index is 12.1. The van der Waals surface area contributed by atoms with Crippen molar-refractivity contribution >= 4 is 5.91 Å². The Morgan fingerprint density at radius 3 is 2.95 bits per heavy atom. The van der Waals surface area contributed by atoms with E-state index < -0.39 is 0 Å². The van der Waals surface area contributed by atoms with Crippen molar-refractivity contribution in [2.45, 2.75) is 51.6 Å². The lowest BCUT2D eigenvalue weighted by atomic mass is 9.99. The van der Waals surface area contributed by atoms with E-state index in [1.807, 2.05) is 38.1 Å². The van der Waals surface area contributed by atoms with Gasteiger partial charge >= 0.3 is 0 Å². The Hall–Kier alpha value is -1.55. The molecule has 1 aliphatic rings. The number of carbonyl (C=O) groups excluding carboxylic acids is 1. The molecule has 0 bridgehead atoms. The van der Waals surface area contributed by atoms with E-state index in [1.54, 1.807) is 0 Å². The summed E-state index contributed by atoms with van der Waals surface area (Å²) in [7, 11) is 0. The molecule has 3 atom stereocenters. The molecule has 1 aromatic rings. The highest BCUT2D eigenvalue weighted by Gasteiger charge is 2.26. The Kier molecular flexibility index (Phi) is 5.62. The minimum absolute atomic E-state index is 0.0180. The summed E-state index contributed by atoms with van der Waals surface area (Å²) in [5.41, 5.74) is 7.09. The zero-order valence-corrected chi connectivity index (χ0v) is 13.0. The minimum atomic E-state index is -0.0180. The van der Waals surface area contributed by atoms with Gasteiger partial charge in [-0.25, -0.2) is 0 Å². The Morgan fingerprint density at radius 1 is 1.48 bits per heavy atom. The van der Waals surface area contributed by atoms with Gasteiger partial charge in [0.15, 0.2) is 0 Å². The van der Waals surface area contributed by atoms with Gasteiger partial charge in [-0.1, -0.05) is 18.6 Å². The molecule has 0 heterocycles. The van der Waals surface area contributed by atoms with Gasteiger partial charge in [-0.05, 0) is 50.3 Å². The monoisotopic (exact) mass is 290 g/mol. The van der Waals surface area contributed by atoms with Crippen LogP contribution in [0.5, 0.6) is 5.75 Å². The average Bonchev–Trinajstić information content (AvgIpc) is 2.85. The minimum Gasteiger partial charge on any atom is -0.494 e. The van der Waals surface area contributed by atoms with Crippen molar-refractivity contribution in [3.8, 4) is 5.75 Å². The lowest BCUT2D eigenvalue weighted by molar-refractivity contribution is -0.122. The van der Waals surface area contributed by atoms with Gasteiger partial charge in [0.1, 0.15) is 5.75 Å². The molecule has 21 heavy (non-hydrogen) atoms. The second-order valence-corrected chi connectivity index (χ2v) is 5.85. The molecule has 116 valence electrons. The van der Waals surface area contributed by atoms with Crippen LogP contribution < -0.4 is 15.8 Å². The highest BCUT2D eigenvalue weighted by molar-refractivity contribution is 5.76. The number of benzene rings is 1. The highest BCUT2D eigenvalue weighted by atomic mass is 16.5. The zero-order valence-electron chi connectivity index (χ0n) is 13.0. The number of nitrogens with two attached hydrogens (primary N) is 1. The topological polar surface area (TPSA) is 64.3 Å². The molecule has 3 N–H and O–H groups in total. The molecule has 0 aliphatic heterocycles. The summed E-state index contributed by atoms with van der Waals surface area (Å²) in [6.45, 7) is 4.60. The zero-order chi connectivity index (χ0) is 15.2. The van der Waals surface area contributed by atoms with Crippen LogP contribution in [0, 0.1) is 5.92 Å². The van der Waals surface area contributed by atoms with Crippen molar-refractivity contribution in [3.05, 3.63) is 29.8 Å². The van der Waals surface area contributed by atoms with Crippen molar-refractivity contribution in [1.82, 2.24) is 5.32 Å². The lowest BCUT2D eigenvalue weighted by Gasteiger charge is -2.19. The molecule has 1 unspecified atom stereocenters. The van der Waals surface area contributed by atoms with Crippen LogP contribution in [-0.2, 0) is 4.79 Å². The molecule has 1 amide bonds. The summed E-state index contributed by atoms with van der Waals surface area (Å²) >= 11 is 0. The summed E-state index contributed by atoms with van der Waals surface area (Å²) in [5.74, 6) is 1.27. The van der Waals surface area contributed by atoms with Gasteiger partial charge in [-0.3, -0.25) is 4.79 Å². The van der Waals surface area contributed by atoms with Crippen LogP contribution in [0.2, 0.25) is 0 Å². The van der Waals surface area contributed by atoms with Crippen LogP contribution in [0.3, 0.4) is 0 Å². The number of carbonyl (C=O) groups is 1. The molecule has 0 aromatic heterocycles. The number of nitrogens with one attached hydrogen (secondary N) is 1. The van der Waals surface area contributed by atoms with Crippen molar-refractivity contribution in [2.75, 3.05) is 6.61 Å². The molecule has 4 heteroatoms. The SMILES string of the molecule is CCOc1cccc(C(C)NC(=O)C[C@@H]2CCC[C@H]2N)c1. The van der Waals surface area contributed by atoms with Gasteiger partial charge in [-0.2, -0.15) is 0 Å². The van der Waals surface area contributed by atoms with Gasteiger partial charge in [0, 0.05) is 12.5 Å². The first-order chi connectivity index (χ1) is 10.1. The van der Waals surface area contributed by atoms with Gasteiger partial charge < -0.3 is 15.8 Å². The van der Waals surface area contributed by atoms with Crippen molar-refractivity contribution in [1.29, 1.82) is 0 Å². The predicted octanol–water partition coefficient (Wildman–Crippen LogP) is 2.78. The molecule has 0 spiro atoms. The molecule has 1 aromatic carbocycles. The van der Waals surface area contributed by atoms with Crippen LogP contribution in [0.4, 0.5) is 0 Å². The molecule has 4 nitrogen and oxygen atoms in total. The largest absolute Gasteiger partial charge is 0.494 e. The third-order valence-corrected chi connectivity index (χ3v) is 4.21. The van der Waals surface area contributed by atoms with Gasteiger partial charge in [0.05, 0.1) is 12.6 Å². The third kappa shape index (κ3) is 4.46. The number of ether oxygens (including phenoxy) is 1. The van der Waals surface area contributed by atoms with Gasteiger partial charge in [0.2, 0.25) is 5.91 Å². The Balaban J connectivity index is 1.89. The molecule has 0 radical (unpaired) electrons. The second-order valence-electron chi connectivity index (χ2n) is 5.85. The van der Waals surface area contributed by atoms with Crippen LogP contribution in [0.15, 0.2) is 24.3 Å². The number of amides is 1. The predicted molar refractivity (Wildman–Crippen MR) is 84.1 cm³/mol. The fourth-order valence-electron chi connectivity index (χ4n) is 2.98. The van der Waals surface area contributed by atoms with E-state index in [2.05, 4.69) is 5.32 Å². The normalized spacial score (nSPS) is 22.8. The van der Waals surface area contributed by atoms with E-state index in [4.69, 9.17) is 10.5 Å². The first-order valence-electron chi connectivity index (χ1n) is 7.88. The Morgan fingerprint density at radius 2 is 2.29 bits per heavy atom. The second kappa shape index (κ2) is 7.46. The molecule has 1 saturated carbocycles. The summed E-state index contributed by atoms with van der Waals surface area (Å²) < 4.78 is 5.49. The molecule has 1 fully saturated rings. The first kappa shape index (κ1) is 15.8. The highest BCUT2D eigenvalue weighted by Crippen LogP contribution is 2.27. The summed E-state index contributed by atoms with van der Waals surface area (Å²) in [6.07, 6.45) is 3.80. The fraction of sp³-hybridized carbons (Fsp3) is 0.588. The quantitative estimate of drug-likeness (QED) is 0.846. The third-order valence-electron chi connectivity index (χ3n) is 4.21. The first-order valence-corrected chi connectivity index (χ1v) is 7.88. The Labute approximate surface area is 127 Å². The molecule has 0 saturated heterocycles. The van der Waals surface area contributed by atoms with E-state index in [1.165, 1.54) is 0 Å². The number of hydrogen-bond donors (Lipinski definition) is 2.